The standard InChI is InChI=1S/C8H7BF3N4OS.K/c10-9(11,12)5-18-8-13-14-15-16(8)6-1-3-7(17)4-2-6;/h1-4,17H,5H2;/q-1;+1. The van der Waals surface area contributed by atoms with Crippen LogP contribution in [-0.2, 0) is 0 Å². The first-order valence-electron chi connectivity index (χ1n) is 4.87. The van der Waals surface area contributed by atoms with Crippen molar-refractivity contribution in [2.45, 2.75) is 5.16 Å². The molecule has 0 unspecified atom stereocenters. The summed E-state index contributed by atoms with van der Waals surface area (Å²) in [5, 5.41) is 19.7. The number of aromatic hydroxyl groups is 1. The molecule has 1 heterocycles. The minimum absolute atomic E-state index is 0. The first-order valence-corrected chi connectivity index (χ1v) is 5.86. The van der Waals surface area contributed by atoms with Gasteiger partial charge in [0.05, 0.1) is 5.69 Å². The third-order valence-corrected chi connectivity index (χ3v) is 2.99. The van der Waals surface area contributed by atoms with Crippen LogP contribution in [0, 0.1) is 0 Å². The summed E-state index contributed by atoms with van der Waals surface area (Å²) >= 11 is 0.527. The Morgan fingerprint density at radius 2 is 1.84 bits per heavy atom. The van der Waals surface area contributed by atoms with Gasteiger partial charge >= 0.3 is 58.4 Å². The Morgan fingerprint density at radius 3 is 2.42 bits per heavy atom. The van der Waals surface area contributed by atoms with Crippen molar-refractivity contribution < 1.29 is 69.4 Å². The van der Waals surface area contributed by atoms with E-state index in [1.807, 2.05) is 0 Å². The molecule has 0 radical (unpaired) electrons. The molecule has 2 aromatic rings. The van der Waals surface area contributed by atoms with Crippen molar-refractivity contribution in [1.82, 2.24) is 20.2 Å². The smallest absolute Gasteiger partial charge is 0.508 e. The molecule has 96 valence electrons. The Kier molecular flexibility index (Phi) is 6.34. The summed E-state index contributed by atoms with van der Waals surface area (Å²) in [6, 6.07) is 5.82. The summed E-state index contributed by atoms with van der Waals surface area (Å²) in [7, 11) is 0. The van der Waals surface area contributed by atoms with E-state index in [1.54, 1.807) is 0 Å². The number of halogens is 3. The van der Waals surface area contributed by atoms with Gasteiger partial charge in [-0.3, -0.25) is 0 Å². The molecule has 0 fully saturated rings. The van der Waals surface area contributed by atoms with Crippen LogP contribution in [-0.4, -0.2) is 37.9 Å². The van der Waals surface area contributed by atoms with Crippen molar-refractivity contribution in [2.75, 3.05) is 5.65 Å². The van der Waals surface area contributed by atoms with Gasteiger partial charge in [0.1, 0.15) is 5.75 Å². The second-order valence-electron chi connectivity index (χ2n) is 3.41. The molecular formula is C8H7BF3KN4OS. The molecule has 1 aromatic heterocycles. The zero-order valence-electron chi connectivity index (χ0n) is 9.87. The van der Waals surface area contributed by atoms with Crippen molar-refractivity contribution in [3.63, 3.8) is 0 Å². The number of nitrogens with zero attached hydrogens (tertiary/aromatic N) is 4. The number of rotatable bonds is 4. The van der Waals surface area contributed by atoms with Crippen LogP contribution in [0.2, 0.25) is 0 Å². The first kappa shape index (κ1) is 17.0. The topological polar surface area (TPSA) is 63.8 Å². The number of benzene rings is 1. The Labute approximate surface area is 153 Å². The molecule has 0 atom stereocenters. The zero-order valence-corrected chi connectivity index (χ0v) is 13.8. The zero-order chi connectivity index (χ0) is 13.2. The molecule has 0 saturated heterocycles. The molecule has 1 N–H and O–H groups in total. The van der Waals surface area contributed by atoms with Crippen LogP contribution in [0.4, 0.5) is 12.9 Å². The van der Waals surface area contributed by atoms with Gasteiger partial charge in [-0.25, -0.2) is 0 Å². The molecule has 0 bridgehead atoms. The summed E-state index contributed by atoms with van der Waals surface area (Å²) < 4.78 is 37.7. The first-order chi connectivity index (χ1) is 8.46. The number of aromatic nitrogens is 4. The molecule has 0 saturated carbocycles. The fourth-order valence-electron chi connectivity index (χ4n) is 1.19. The number of hydrogen-bond acceptors (Lipinski definition) is 5. The maximum Gasteiger partial charge on any atom is 1.00 e. The minimum Gasteiger partial charge on any atom is -0.508 e. The number of phenols is 1. The van der Waals surface area contributed by atoms with E-state index >= 15 is 0 Å². The largest absolute Gasteiger partial charge is 1.00 e. The van der Waals surface area contributed by atoms with Gasteiger partial charge in [0, 0.05) is 0 Å². The van der Waals surface area contributed by atoms with E-state index in [-0.39, 0.29) is 62.3 Å². The SMILES string of the molecule is Oc1ccc(-n2nnnc2SC[B-](F)(F)F)cc1.[K+]. The molecule has 0 aliphatic heterocycles. The van der Waals surface area contributed by atoms with Gasteiger partial charge < -0.3 is 18.1 Å². The monoisotopic (exact) mass is 314 g/mol. The normalized spacial score (nSPS) is 11.1. The number of phenolic OH excluding ortho intramolecular Hbond substituents is 1. The van der Waals surface area contributed by atoms with Gasteiger partial charge in [-0.1, -0.05) is 0 Å². The molecule has 1 aromatic carbocycles. The summed E-state index contributed by atoms with van der Waals surface area (Å²) in [6.45, 7) is -4.89. The predicted molar refractivity (Wildman–Crippen MR) is 60.6 cm³/mol. The van der Waals surface area contributed by atoms with E-state index in [1.165, 1.54) is 28.9 Å². The Bertz CT molecular complexity index is 536. The van der Waals surface area contributed by atoms with E-state index in [4.69, 9.17) is 5.11 Å². The molecule has 0 spiro atoms. The second kappa shape index (κ2) is 7.09. The Hall–Kier alpha value is -0.0687. The summed E-state index contributed by atoms with van der Waals surface area (Å²) in [5.74, 6) is 0.0552. The van der Waals surface area contributed by atoms with Gasteiger partial charge in [0.25, 0.3) is 0 Å². The molecule has 0 aliphatic rings. The summed E-state index contributed by atoms with van der Waals surface area (Å²) in [4.78, 5) is 0. The van der Waals surface area contributed by atoms with Gasteiger partial charge in [0.15, 0.2) is 0 Å². The van der Waals surface area contributed by atoms with Crippen LogP contribution >= 0.6 is 11.8 Å². The molecule has 0 amide bonds. The van der Waals surface area contributed by atoms with E-state index in [0.29, 0.717) is 17.4 Å². The van der Waals surface area contributed by atoms with E-state index in [0.717, 1.165) is 0 Å². The molecular weight excluding hydrogens is 307 g/mol. The van der Waals surface area contributed by atoms with Crippen molar-refractivity contribution in [3.05, 3.63) is 24.3 Å². The molecule has 11 heteroatoms. The Morgan fingerprint density at radius 1 is 1.21 bits per heavy atom. The van der Waals surface area contributed by atoms with Crippen LogP contribution < -0.4 is 51.4 Å². The number of thioether (sulfide) groups is 1. The van der Waals surface area contributed by atoms with Crippen molar-refractivity contribution >= 4 is 18.7 Å². The summed E-state index contributed by atoms with van der Waals surface area (Å²) in [5.41, 5.74) is -0.520. The van der Waals surface area contributed by atoms with Gasteiger partial charge in [-0.05, 0) is 40.3 Å². The van der Waals surface area contributed by atoms with Crippen LogP contribution in [0.25, 0.3) is 5.69 Å². The molecule has 5 nitrogen and oxygen atoms in total. The average molecular weight is 314 g/mol. The van der Waals surface area contributed by atoms with Crippen molar-refractivity contribution in [3.8, 4) is 11.4 Å². The number of tetrazole rings is 1. The van der Waals surface area contributed by atoms with Gasteiger partial charge in [-0.2, -0.15) is 4.68 Å². The van der Waals surface area contributed by atoms with Crippen molar-refractivity contribution in [1.29, 1.82) is 0 Å². The third-order valence-electron chi connectivity index (χ3n) is 1.94. The van der Waals surface area contributed by atoms with E-state index in [9.17, 15) is 12.9 Å². The van der Waals surface area contributed by atoms with Crippen LogP contribution in [0.15, 0.2) is 29.4 Å². The fourth-order valence-corrected chi connectivity index (χ4v) is 1.89. The van der Waals surface area contributed by atoms with Crippen LogP contribution in [0.3, 0.4) is 0 Å². The average Bonchev–Trinajstić information content (AvgIpc) is 2.75. The van der Waals surface area contributed by atoms with Crippen LogP contribution in [0.1, 0.15) is 0 Å². The number of hydrogen-bond donors (Lipinski definition) is 1. The van der Waals surface area contributed by atoms with Crippen molar-refractivity contribution in [2.24, 2.45) is 0 Å². The minimum atomic E-state index is -4.89. The van der Waals surface area contributed by atoms with E-state index < -0.39 is 12.6 Å². The van der Waals surface area contributed by atoms with E-state index in [2.05, 4.69) is 15.5 Å². The van der Waals surface area contributed by atoms with Gasteiger partial charge in [-0.15, -0.1) is 16.9 Å². The third kappa shape index (κ3) is 5.08. The Balaban J connectivity index is 0.00000180. The quantitative estimate of drug-likeness (QED) is 0.570. The summed E-state index contributed by atoms with van der Waals surface area (Å²) in [6.07, 6.45) is 0. The van der Waals surface area contributed by atoms with Gasteiger partial charge in [0.2, 0.25) is 5.16 Å². The van der Waals surface area contributed by atoms with Crippen LogP contribution in [0.5, 0.6) is 5.75 Å². The maximum absolute atomic E-state index is 12.2. The molecule has 2 rings (SSSR count). The molecule has 19 heavy (non-hydrogen) atoms. The maximum atomic E-state index is 12.2. The second-order valence-corrected chi connectivity index (χ2v) is 4.40. The predicted octanol–water partition coefficient (Wildman–Crippen LogP) is -1.15. The fraction of sp³-hybridized carbons (Fsp3) is 0.125. The molecule has 0 aliphatic carbocycles.